The van der Waals surface area contributed by atoms with Crippen LogP contribution < -0.4 is 16.4 Å². The minimum absolute atomic E-state index is 0.0410. The molecule has 2 aliphatic rings. The van der Waals surface area contributed by atoms with Crippen LogP contribution in [0.3, 0.4) is 0 Å². The lowest BCUT2D eigenvalue weighted by Gasteiger charge is -2.32. The highest BCUT2D eigenvalue weighted by molar-refractivity contribution is 8.04. The van der Waals surface area contributed by atoms with Gasteiger partial charge >= 0.3 is 0 Å². The SMILES string of the molecule is NC(=O)C1=C(N)S[C@@H]2C(=O)N(c3ccc4ccccc4c3)C(=O)[C@H]2[C@@H]1c1ccccc1O. The molecule has 5 rings (SSSR count). The smallest absolute Gasteiger partial charge is 0.248 e. The first-order valence-electron chi connectivity index (χ1n) is 9.99. The largest absolute Gasteiger partial charge is 0.508 e. The zero-order valence-electron chi connectivity index (χ0n) is 16.8. The average Bonchev–Trinajstić information content (AvgIpc) is 3.02. The third-order valence-corrected chi connectivity index (χ3v) is 7.24. The lowest BCUT2D eigenvalue weighted by atomic mass is 9.78. The third kappa shape index (κ3) is 2.95. The zero-order chi connectivity index (χ0) is 22.6. The van der Waals surface area contributed by atoms with Crippen molar-refractivity contribution in [1.29, 1.82) is 0 Å². The van der Waals surface area contributed by atoms with E-state index in [1.807, 2.05) is 30.3 Å². The number of nitrogens with zero attached hydrogens (tertiary/aromatic N) is 1. The van der Waals surface area contributed by atoms with Crippen LogP contribution in [-0.4, -0.2) is 28.1 Å². The Morgan fingerprint density at radius 2 is 1.62 bits per heavy atom. The van der Waals surface area contributed by atoms with Crippen LogP contribution in [0.15, 0.2) is 77.3 Å². The highest BCUT2D eigenvalue weighted by Gasteiger charge is 2.57. The molecule has 8 heteroatoms. The molecule has 0 bridgehead atoms. The molecule has 3 aromatic rings. The number of primary amides is 1. The summed E-state index contributed by atoms with van der Waals surface area (Å²) in [6.45, 7) is 0. The molecular weight excluding hydrogens is 426 g/mol. The van der Waals surface area contributed by atoms with E-state index in [9.17, 15) is 19.5 Å². The van der Waals surface area contributed by atoms with Gasteiger partial charge in [-0.2, -0.15) is 0 Å². The number of thioether (sulfide) groups is 1. The number of phenols is 1. The normalized spacial score (nSPS) is 23.0. The highest BCUT2D eigenvalue weighted by Crippen LogP contribution is 2.52. The van der Waals surface area contributed by atoms with E-state index >= 15 is 0 Å². The van der Waals surface area contributed by atoms with Gasteiger partial charge in [0.2, 0.25) is 17.7 Å². The van der Waals surface area contributed by atoms with Crippen molar-refractivity contribution in [2.75, 3.05) is 4.90 Å². The van der Waals surface area contributed by atoms with Gasteiger partial charge in [-0.1, -0.05) is 60.3 Å². The maximum absolute atomic E-state index is 13.7. The molecule has 0 aliphatic carbocycles. The fraction of sp³-hybridized carbons (Fsp3) is 0.125. The lowest BCUT2D eigenvalue weighted by Crippen LogP contribution is -2.38. The van der Waals surface area contributed by atoms with Crippen molar-refractivity contribution >= 4 is 45.9 Å². The van der Waals surface area contributed by atoms with Crippen LogP contribution in [0.1, 0.15) is 11.5 Å². The molecule has 0 radical (unpaired) electrons. The van der Waals surface area contributed by atoms with Gasteiger partial charge in [-0.05, 0) is 29.0 Å². The zero-order valence-corrected chi connectivity index (χ0v) is 17.6. The summed E-state index contributed by atoms with van der Waals surface area (Å²) in [5.41, 5.74) is 12.6. The van der Waals surface area contributed by atoms with E-state index in [2.05, 4.69) is 0 Å². The molecule has 1 fully saturated rings. The van der Waals surface area contributed by atoms with Crippen molar-refractivity contribution in [1.82, 2.24) is 0 Å². The number of rotatable bonds is 3. The van der Waals surface area contributed by atoms with E-state index < -0.39 is 34.8 Å². The Labute approximate surface area is 187 Å². The molecule has 0 aromatic heterocycles. The van der Waals surface area contributed by atoms with E-state index in [-0.39, 0.29) is 16.4 Å². The van der Waals surface area contributed by atoms with Crippen molar-refractivity contribution in [2.45, 2.75) is 11.2 Å². The number of hydrogen-bond acceptors (Lipinski definition) is 6. The average molecular weight is 446 g/mol. The van der Waals surface area contributed by atoms with Gasteiger partial charge in [0.15, 0.2) is 0 Å². The fourth-order valence-electron chi connectivity index (χ4n) is 4.59. The number of fused-ring (bicyclic) bond motifs is 2. The summed E-state index contributed by atoms with van der Waals surface area (Å²) in [6, 6.07) is 19.4. The number of aromatic hydroxyl groups is 1. The number of amides is 3. The summed E-state index contributed by atoms with van der Waals surface area (Å²) in [6.07, 6.45) is 0. The first kappa shape index (κ1) is 20.1. The summed E-state index contributed by atoms with van der Waals surface area (Å²) in [4.78, 5) is 40.5. The number of para-hydroxylation sites is 1. The van der Waals surface area contributed by atoms with E-state index in [1.165, 1.54) is 6.07 Å². The van der Waals surface area contributed by atoms with Crippen molar-refractivity contribution < 1.29 is 19.5 Å². The minimum Gasteiger partial charge on any atom is -0.508 e. The van der Waals surface area contributed by atoms with Gasteiger partial charge in [-0.15, -0.1) is 0 Å². The van der Waals surface area contributed by atoms with Gasteiger partial charge in [0.05, 0.1) is 22.2 Å². The van der Waals surface area contributed by atoms with E-state index in [0.29, 0.717) is 11.3 Å². The Balaban J connectivity index is 1.65. The molecule has 32 heavy (non-hydrogen) atoms. The number of phenolic OH excluding ortho intramolecular Hbond substituents is 1. The Morgan fingerprint density at radius 3 is 2.34 bits per heavy atom. The second-order valence-electron chi connectivity index (χ2n) is 7.79. The van der Waals surface area contributed by atoms with Crippen molar-refractivity contribution in [3.8, 4) is 5.75 Å². The Hall–Kier alpha value is -3.78. The molecule has 160 valence electrons. The van der Waals surface area contributed by atoms with E-state index in [1.54, 1.807) is 30.3 Å². The fourth-order valence-corrected chi connectivity index (χ4v) is 5.84. The molecule has 5 N–H and O–H groups in total. The first-order valence-corrected chi connectivity index (χ1v) is 10.9. The Bertz CT molecular complexity index is 1340. The Kier molecular flexibility index (Phi) is 4.67. The van der Waals surface area contributed by atoms with Crippen molar-refractivity contribution in [3.05, 3.63) is 82.9 Å². The highest BCUT2D eigenvalue weighted by atomic mass is 32.2. The second kappa shape index (κ2) is 7.42. The van der Waals surface area contributed by atoms with Crippen LogP contribution in [0.25, 0.3) is 10.8 Å². The number of anilines is 1. The molecule has 3 atom stereocenters. The monoisotopic (exact) mass is 445 g/mol. The van der Waals surface area contributed by atoms with Crippen LogP contribution in [-0.2, 0) is 14.4 Å². The van der Waals surface area contributed by atoms with Gasteiger partial charge in [0.1, 0.15) is 11.0 Å². The molecule has 2 heterocycles. The second-order valence-corrected chi connectivity index (χ2v) is 8.97. The molecule has 0 spiro atoms. The van der Waals surface area contributed by atoms with Crippen LogP contribution in [0.4, 0.5) is 5.69 Å². The molecule has 1 saturated heterocycles. The quantitative estimate of drug-likeness (QED) is 0.532. The summed E-state index contributed by atoms with van der Waals surface area (Å²) in [5, 5.41) is 11.6. The number of carbonyl (C=O) groups excluding carboxylic acids is 3. The van der Waals surface area contributed by atoms with E-state index in [0.717, 1.165) is 27.4 Å². The van der Waals surface area contributed by atoms with Crippen LogP contribution in [0, 0.1) is 5.92 Å². The topological polar surface area (TPSA) is 127 Å². The summed E-state index contributed by atoms with van der Waals surface area (Å²) >= 11 is 0.974. The number of imide groups is 1. The molecular formula is C24H19N3O4S. The predicted octanol–water partition coefficient (Wildman–Crippen LogP) is 2.59. The van der Waals surface area contributed by atoms with Gasteiger partial charge in [0.25, 0.3) is 0 Å². The number of benzene rings is 3. The number of hydrogen-bond donors (Lipinski definition) is 3. The summed E-state index contributed by atoms with van der Waals surface area (Å²) in [7, 11) is 0. The molecule has 3 aromatic carbocycles. The van der Waals surface area contributed by atoms with Gasteiger partial charge in [0, 0.05) is 11.5 Å². The summed E-state index contributed by atoms with van der Waals surface area (Å²) < 4.78 is 0. The maximum atomic E-state index is 13.7. The lowest BCUT2D eigenvalue weighted by molar-refractivity contribution is -0.122. The number of nitrogens with two attached hydrogens (primary N) is 2. The van der Waals surface area contributed by atoms with Crippen molar-refractivity contribution in [3.63, 3.8) is 0 Å². The van der Waals surface area contributed by atoms with Gasteiger partial charge in [-0.3, -0.25) is 14.4 Å². The molecule has 7 nitrogen and oxygen atoms in total. The van der Waals surface area contributed by atoms with Crippen LogP contribution in [0.2, 0.25) is 0 Å². The molecule has 0 unspecified atom stereocenters. The minimum atomic E-state index is -0.929. The molecule has 0 saturated carbocycles. The van der Waals surface area contributed by atoms with Crippen LogP contribution in [0.5, 0.6) is 5.75 Å². The first-order chi connectivity index (χ1) is 15.4. The van der Waals surface area contributed by atoms with Crippen LogP contribution >= 0.6 is 11.8 Å². The third-order valence-electron chi connectivity index (χ3n) is 6.01. The standard InChI is InChI=1S/C24H19N3O4S/c25-21(29)19-17(15-7-3-4-8-16(15)28)18-20(32-22(19)26)24(31)27(23(18)30)14-10-9-12-5-1-2-6-13(12)11-14/h1-11,17-18,20,28H,26H2,(H2,25,29)/t17-,18-,20-/m0/s1. The van der Waals surface area contributed by atoms with Crippen molar-refractivity contribution in [2.24, 2.45) is 17.4 Å². The molecule has 2 aliphatic heterocycles. The Morgan fingerprint density at radius 1 is 0.938 bits per heavy atom. The predicted molar refractivity (Wildman–Crippen MR) is 123 cm³/mol. The molecule has 3 amide bonds. The van der Waals surface area contributed by atoms with E-state index in [4.69, 9.17) is 11.5 Å². The maximum Gasteiger partial charge on any atom is 0.248 e. The van der Waals surface area contributed by atoms with Gasteiger partial charge in [-0.25, -0.2) is 4.90 Å². The summed E-state index contributed by atoms with van der Waals surface area (Å²) in [5.74, 6) is -3.61. The number of carbonyl (C=O) groups is 3. The van der Waals surface area contributed by atoms with Gasteiger partial charge < -0.3 is 16.6 Å².